The summed E-state index contributed by atoms with van der Waals surface area (Å²) in [5.41, 5.74) is 3.44. The molecular weight excluding hydrogens is 322 g/mol. The third-order valence-corrected chi connectivity index (χ3v) is 4.76. The summed E-state index contributed by atoms with van der Waals surface area (Å²) in [7, 11) is 0. The Kier molecular flexibility index (Phi) is 4.57. The van der Waals surface area contributed by atoms with Crippen LogP contribution in [0.1, 0.15) is 19.4 Å². The van der Waals surface area contributed by atoms with Gasteiger partial charge in [0.15, 0.2) is 0 Å². The van der Waals surface area contributed by atoms with Crippen LogP contribution < -0.4 is 0 Å². The number of aromatic nitrogens is 2. The lowest BCUT2D eigenvalue weighted by molar-refractivity contribution is 0.134. The fraction of sp³-hybridized carbons (Fsp3) is 0.273. The minimum atomic E-state index is 0.0844. The maximum Gasteiger partial charge on any atom is 0.216 e. The van der Waals surface area contributed by atoms with Crippen molar-refractivity contribution in [1.82, 2.24) is 9.55 Å². The first-order valence-corrected chi connectivity index (χ1v) is 9.07. The van der Waals surface area contributed by atoms with Crippen molar-refractivity contribution in [3.63, 3.8) is 0 Å². The molecule has 0 saturated carbocycles. The molecule has 0 saturated heterocycles. The molecule has 2 heterocycles. The molecule has 0 N–H and O–H groups in total. The molecule has 1 aliphatic heterocycles. The van der Waals surface area contributed by atoms with E-state index < -0.39 is 0 Å². The first-order chi connectivity index (χ1) is 12.7. The van der Waals surface area contributed by atoms with Crippen molar-refractivity contribution in [2.75, 3.05) is 0 Å². The lowest BCUT2D eigenvalue weighted by Crippen LogP contribution is -2.31. The molecule has 132 valence electrons. The van der Waals surface area contributed by atoms with Crippen LogP contribution in [-0.4, -0.2) is 27.6 Å². The van der Waals surface area contributed by atoms with Crippen molar-refractivity contribution < 1.29 is 4.74 Å². The third kappa shape index (κ3) is 3.40. The van der Waals surface area contributed by atoms with Crippen LogP contribution in [0, 0.1) is 5.92 Å². The largest absolute Gasteiger partial charge is 0.472 e. The standard InChI is InChI=1S/C22H23N3O/c1-16(2)21-20(14-25-13-12-23-15-25)24-22(26-21)19-10-8-18(9-11-19)17-6-4-3-5-7-17/h3-13,15-16,20-21H,14H2,1-2H3. The predicted molar refractivity (Wildman–Crippen MR) is 104 cm³/mol. The Morgan fingerprint density at radius 1 is 0.962 bits per heavy atom. The molecule has 0 fully saturated rings. The molecule has 2 unspecified atom stereocenters. The van der Waals surface area contributed by atoms with Crippen molar-refractivity contribution in [2.45, 2.75) is 32.5 Å². The normalized spacial score (nSPS) is 19.4. The first-order valence-electron chi connectivity index (χ1n) is 9.07. The van der Waals surface area contributed by atoms with E-state index in [-0.39, 0.29) is 12.1 Å². The Morgan fingerprint density at radius 2 is 1.65 bits per heavy atom. The molecule has 4 nitrogen and oxygen atoms in total. The molecular formula is C22H23N3O. The summed E-state index contributed by atoms with van der Waals surface area (Å²) in [6.07, 6.45) is 5.69. The molecule has 2 aromatic carbocycles. The summed E-state index contributed by atoms with van der Waals surface area (Å²) in [6, 6.07) is 18.9. The lowest BCUT2D eigenvalue weighted by Gasteiger charge is -2.21. The van der Waals surface area contributed by atoms with Gasteiger partial charge in [-0.15, -0.1) is 0 Å². The number of hydrogen-bond acceptors (Lipinski definition) is 3. The van der Waals surface area contributed by atoms with Gasteiger partial charge in [0.1, 0.15) is 12.1 Å². The smallest absolute Gasteiger partial charge is 0.216 e. The van der Waals surface area contributed by atoms with E-state index in [2.05, 4.69) is 71.9 Å². The van der Waals surface area contributed by atoms with E-state index in [4.69, 9.17) is 9.73 Å². The van der Waals surface area contributed by atoms with Crippen LogP contribution in [0.3, 0.4) is 0 Å². The third-order valence-electron chi connectivity index (χ3n) is 4.76. The van der Waals surface area contributed by atoms with Gasteiger partial charge < -0.3 is 9.30 Å². The van der Waals surface area contributed by atoms with E-state index in [1.165, 1.54) is 11.1 Å². The second kappa shape index (κ2) is 7.16. The van der Waals surface area contributed by atoms with Gasteiger partial charge in [0.25, 0.3) is 0 Å². The molecule has 26 heavy (non-hydrogen) atoms. The van der Waals surface area contributed by atoms with Gasteiger partial charge in [-0.2, -0.15) is 0 Å². The Hall–Kier alpha value is -2.88. The molecule has 0 spiro atoms. The highest BCUT2D eigenvalue weighted by molar-refractivity contribution is 5.95. The summed E-state index contributed by atoms with van der Waals surface area (Å²) in [5, 5.41) is 0. The van der Waals surface area contributed by atoms with Gasteiger partial charge in [0, 0.05) is 24.5 Å². The Morgan fingerprint density at radius 3 is 2.31 bits per heavy atom. The first kappa shape index (κ1) is 16.6. The molecule has 3 aromatic rings. The summed E-state index contributed by atoms with van der Waals surface area (Å²) >= 11 is 0. The Bertz CT molecular complexity index is 868. The predicted octanol–water partition coefficient (Wildman–Crippen LogP) is 4.42. The highest BCUT2D eigenvalue weighted by Gasteiger charge is 2.34. The van der Waals surface area contributed by atoms with Crippen molar-refractivity contribution in [3.8, 4) is 11.1 Å². The van der Waals surface area contributed by atoms with Crippen molar-refractivity contribution in [3.05, 3.63) is 78.9 Å². The quantitative estimate of drug-likeness (QED) is 0.687. The number of ether oxygens (including phenoxy) is 1. The van der Waals surface area contributed by atoms with E-state index in [1.54, 1.807) is 6.20 Å². The number of rotatable bonds is 5. The maximum atomic E-state index is 6.23. The fourth-order valence-electron chi connectivity index (χ4n) is 3.38. The number of hydrogen-bond donors (Lipinski definition) is 0. The molecule has 4 heteroatoms. The molecule has 0 radical (unpaired) electrons. The number of benzene rings is 2. The number of aliphatic imine (C=N–C) groups is 1. The number of nitrogens with zero attached hydrogens (tertiary/aromatic N) is 3. The monoisotopic (exact) mass is 345 g/mol. The minimum absolute atomic E-state index is 0.0844. The zero-order chi connectivity index (χ0) is 17.9. The molecule has 0 amide bonds. The molecule has 0 aliphatic carbocycles. The summed E-state index contributed by atoms with van der Waals surface area (Å²) < 4.78 is 8.30. The van der Waals surface area contributed by atoms with Gasteiger partial charge in [0.05, 0.1) is 6.33 Å². The second-order valence-corrected chi connectivity index (χ2v) is 7.03. The van der Waals surface area contributed by atoms with E-state index in [9.17, 15) is 0 Å². The average molecular weight is 345 g/mol. The van der Waals surface area contributed by atoms with Gasteiger partial charge in [-0.3, -0.25) is 0 Å². The van der Waals surface area contributed by atoms with Crippen molar-refractivity contribution >= 4 is 5.90 Å². The van der Waals surface area contributed by atoms with Crippen LogP contribution in [0.5, 0.6) is 0 Å². The van der Waals surface area contributed by atoms with Gasteiger partial charge in [-0.05, 0) is 29.2 Å². The van der Waals surface area contributed by atoms with Crippen molar-refractivity contribution in [2.24, 2.45) is 10.9 Å². The van der Waals surface area contributed by atoms with Crippen LogP contribution in [0.25, 0.3) is 11.1 Å². The summed E-state index contributed by atoms with van der Waals surface area (Å²) in [5.74, 6) is 1.14. The van der Waals surface area contributed by atoms with Gasteiger partial charge >= 0.3 is 0 Å². The Labute approximate surface area is 154 Å². The van der Waals surface area contributed by atoms with Gasteiger partial charge in [0.2, 0.25) is 5.90 Å². The van der Waals surface area contributed by atoms with Crippen LogP contribution in [0.4, 0.5) is 0 Å². The lowest BCUT2D eigenvalue weighted by atomic mass is 10.0. The van der Waals surface area contributed by atoms with Crippen LogP contribution >= 0.6 is 0 Å². The zero-order valence-electron chi connectivity index (χ0n) is 15.1. The van der Waals surface area contributed by atoms with Gasteiger partial charge in [-0.1, -0.05) is 56.3 Å². The Balaban J connectivity index is 1.56. The second-order valence-electron chi connectivity index (χ2n) is 7.03. The molecule has 2 atom stereocenters. The topological polar surface area (TPSA) is 39.4 Å². The maximum absolute atomic E-state index is 6.23. The molecule has 1 aliphatic rings. The van der Waals surface area contributed by atoms with Crippen LogP contribution in [-0.2, 0) is 11.3 Å². The van der Waals surface area contributed by atoms with E-state index in [1.807, 2.05) is 18.6 Å². The minimum Gasteiger partial charge on any atom is -0.472 e. The zero-order valence-corrected chi connectivity index (χ0v) is 15.1. The molecule has 1 aromatic heterocycles. The van der Waals surface area contributed by atoms with Gasteiger partial charge in [-0.25, -0.2) is 9.98 Å². The number of imidazole rings is 1. The SMILES string of the molecule is CC(C)C1OC(c2ccc(-c3ccccc3)cc2)=NC1Cn1ccnc1. The van der Waals surface area contributed by atoms with Crippen LogP contribution in [0.15, 0.2) is 78.3 Å². The highest BCUT2D eigenvalue weighted by atomic mass is 16.5. The average Bonchev–Trinajstić information content (AvgIpc) is 3.33. The van der Waals surface area contributed by atoms with Crippen molar-refractivity contribution in [1.29, 1.82) is 0 Å². The van der Waals surface area contributed by atoms with Crippen LogP contribution in [0.2, 0.25) is 0 Å². The molecule has 4 rings (SSSR count). The van der Waals surface area contributed by atoms with E-state index in [0.717, 1.165) is 18.0 Å². The van der Waals surface area contributed by atoms with E-state index >= 15 is 0 Å². The van der Waals surface area contributed by atoms with E-state index in [0.29, 0.717) is 5.92 Å². The molecule has 0 bridgehead atoms. The summed E-state index contributed by atoms with van der Waals surface area (Å²) in [6.45, 7) is 5.15. The summed E-state index contributed by atoms with van der Waals surface area (Å²) in [4.78, 5) is 9.01. The highest BCUT2D eigenvalue weighted by Crippen LogP contribution is 2.26. The fourth-order valence-corrected chi connectivity index (χ4v) is 3.38.